The van der Waals surface area contributed by atoms with Crippen molar-refractivity contribution in [2.45, 2.75) is 6.42 Å². The van der Waals surface area contributed by atoms with E-state index in [9.17, 15) is 13.2 Å². The first-order valence-electron chi connectivity index (χ1n) is 7.22. The second kappa shape index (κ2) is 7.40. The lowest BCUT2D eigenvalue weighted by Crippen LogP contribution is -2.02. The van der Waals surface area contributed by atoms with Crippen molar-refractivity contribution in [1.29, 1.82) is 0 Å². The van der Waals surface area contributed by atoms with E-state index in [2.05, 4.69) is 15.5 Å². The predicted molar refractivity (Wildman–Crippen MR) is 94.8 cm³/mol. The summed E-state index contributed by atoms with van der Waals surface area (Å²) in [4.78, 5) is 0. The number of hydrogen-bond donors (Lipinski definition) is 2. The third-order valence-corrected chi connectivity index (χ3v) is 4.01. The maximum absolute atomic E-state index is 14.3. The van der Waals surface area contributed by atoms with E-state index >= 15 is 0 Å². The summed E-state index contributed by atoms with van der Waals surface area (Å²) in [5.74, 6) is -2.60. The SMILES string of the molecule is NCCc1nnc(-c2ccc(F)c(F)c2Nc2ccc(I)cc2F)o1. The molecule has 2 aromatic carbocycles. The quantitative estimate of drug-likeness (QED) is 0.563. The number of nitrogens with one attached hydrogen (secondary N) is 1. The highest BCUT2D eigenvalue weighted by molar-refractivity contribution is 14.1. The molecule has 0 radical (unpaired) electrons. The van der Waals surface area contributed by atoms with Crippen molar-refractivity contribution >= 4 is 34.0 Å². The van der Waals surface area contributed by atoms with Crippen molar-refractivity contribution in [2.24, 2.45) is 5.73 Å². The zero-order valence-corrected chi connectivity index (χ0v) is 14.9. The lowest BCUT2D eigenvalue weighted by Gasteiger charge is -2.12. The molecule has 5 nitrogen and oxygen atoms in total. The van der Waals surface area contributed by atoms with Crippen LogP contribution in [0.15, 0.2) is 34.7 Å². The van der Waals surface area contributed by atoms with Crippen molar-refractivity contribution in [2.75, 3.05) is 11.9 Å². The Kier molecular flexibility index (Phi) is 5.23. The van der Waals surface area contributed by atoms with Crippen LogP contribution in [0.5, 0.6) is 0 Å². The zero-order valence-electron chi connectivity index (χ0n) is 12.7. The fraction of sp³-hybridized carbons (Fsp3) is 0.125. The van der Waals surface area contributed by atoms with Gasteiger partial charge in [-0.3, -0.25) is 0 Å². The lowest BCUT2D eigenvalue weighted by atomic mass is 10.1. The molecule has 0 bridgehead atoms. The molecule has 3 aromatic rings. The Balaban J connectivity index is 2.06. The molecule has 25 heavy (non-hydrogen) atoms. The number of aromatic nitrogens is 2. The molecule has 0 saturated heterocycles. The first kappa shape index (κ1) is 17.7. The van der Waals surface area contributed by atoms with E-state index in [1.165, 1.54) is 18.2 Å². The highest BCUT2D eigenvalue weighted by atomic mass is 127. The smallest absolute Gasteiger partial charge is 0.249 e. The summed E-state index contributed by atoms with van der Waals surface area (Å²) in [5.41, 5.74) is 5.24. The van der Waals surface area contributed by atoms with Crippen LogP contribution in [0, 0.1) is 21.0 Å². The van der Waals surface area contributed by atoms with Gasteiger partial charge in [0, 0.05) is 16.5 Å². The molecule has 0 amide bonds. The number of nitrogens with zero attached hydrogens (tertiary/aromatic N) is 2. The largest absolute Gasteiger partial charge is 0.421 e. The first-order chi connectivity index (χ1) is 12.0. The molecular weight excluding hydrogens is 448 g/mol. The standard InChI is InChI=1S/C16H12F3IN4O/c17-10-3-2-9(16-24-23-13(25-16)5-6-21)15(14(10)19)22-12-4-1-8(20)7-11(12)18/h1-4,7,22H,5-6,21H2. The van der Waals surface area contributed by atoms with Crippen molar-refractivity contribution in [3.05, 3.63) is 57.2 Å². The van der Waals surface area contributed by atoms with Gasteiger partial charge >= 0.3 is 0 Å². The Hall–Kier alpha value is -2.14. The number of rotatable bonds is 5. The second-order valence-corrected chi connectivity index (χ2v) is 6.32. The van der Waals surface area contributed by atoms with Gasteiger partial charge in [-0.15, -0.1) is 10.2 Å². The van der Waals surface area contributed by atoms with E-state index in [0.29, 0.717) is 16.5 Å². The Morgan fingerprint density at radius 3 is 2.60 bits per heavy atom. The molecule has 130 valence electrons. The summed E-state index contributed by atoms with van der Waals surface area (Å²) >= 11 is 1.95. The first-order valence-corrected chi connectivity index (χ1v) is 8.30. The highest BCUT2D eigenvalue weighted by Crippen LogP contribution is 2.34. The normalized spacial score (nSPS) is 10.9. The number of nitrogens with two attached hydrogens (primary N) is 1. The third kappa shape index (κ3) is 3.76. The Morgan fingerprint density at radius 2 is 1.88 bits per heavy atom. The third-order valence-electron chi connectivity index (χ3n) is 3.34. The molecule has 1 heterocycles. The molecule has 0 spiro atoms. The fourth-order valence-electron chi connectivity index (χ4n) is 2.16. The van der Waals surface area contributed by atoms with Gasteiger partial charge in [0.1, 0.15) is 5.82 Å². The molecule has 0 saturated carbocycles. The van der Waals surface area contributed by atoms with Crippen molar-refractivity contribution < 1.29 is 17.6 Å². The van der Waals surface area contributed by atoms with E-state index < -0.39 is 17.5 Å². The number of hydrogen-bond acceptors (Lipinski definition) is 5. The molecule has 3 N–H and O–H groups in total. The van der Waals surface area contributed by atoms with Crippen LogP contribution in [0.2, 0.25) is 0 Å². The van der Waals surface area contributed by atoms with Crippen LogP contribution in [0.1, 0.15) is 5.89 Å². The average Bonchev–Trinajstić information content (AvgIpc) is 3.03. The van der Waals surface area contributed by atoms with Gasteiger partial charge in [-0.05, 0) is 52.9 Å². The molecule has 0 aliphatic heterocycles. The van der Waals surface area contributed by atoms with E-state index in [1.54, 1.807) is 6.07 Å². The maximum atomic E-state index is 14.3. The van der Waals surface area contributed by atoms with Gasteiger partial charge in [0.2, 0.25) is 11.8 Å². The van der Waals surface area contributed by atoms with Crippen LogP contribution < -0.4 is 11.1 Å². The highest BCUT2D eigenvalue weighted by Gasteiger charge is 2.20. The van der Waals surface area contributed by atoms with Crippen LogP contribution in [-0.4, -0.2) is 16.7 Å². The summed E-state index contributed by atoms with van der Waals surface area (Å²) in [5, 5.41) is 10.2. The summed E-state index contributed by atoms with van der Waals surface area (Å²) < 4.78 is 48.1. The molecule has 3 rings (SSSR count). The summed E-state index contributed by atoms with van der Waals surface area (Å²) in [6.45, 7) is 0.304. The zero-order chi connectivity index (χ0) is 18.0. The Bertz CT molecular complexity index is 916. The topological polar surface area (TPSA) is 77.0 Å². The number of anilines is 2. The van der Waals surface area contributed by atoms with E-state index in [0.717, 1.165) is 6.07 Å². The fourth-order valence-corrected chi connectivity index (χ4v) is 2.62. The molecule has 9 heteroatoms. The van der Waals surface area contributed by atoms with Gasteiger partial charge in [-0.2, -0.15) is 0 Å². The van der Waals surface area contributed by atoms with Gasteiger partial charge < -0.3 is 15.5 Å². The Labute approximate surface area is 154 Å². The minimum atomic E-state index is -1.17. The predicted octanol–water partition coefficient (Wildman–Crippen LogP) is 4.00. The molecule has 0 aliphatic carbocycles. The van der Waals surface area contributed by atoms with Crippen molar-refractivity contribution in [1.82, 2.24) is 10.2 Å². The van der Waals surface area contributed by atoms with Gasteiger partial charge in [0.25, 0.3) is 0 Å². The maximum Gasteiger partial charge on any atom is 0.249 e. The van der Waals surface area contributed by atoms with Crippen LogP contribution in [-0.2, 0) is 6.42 Å². The summed E-state index contributed by atoms with van der Waals surface area (Å²) in [6.07, 6.45) is 0.352. The lowest BCUT2D eigenvalue weighted by molar-refractivity contribution is 0.501. The minimum Gasteiger partial charge on any atom is -0.421 e. The molecular formula is C16H12F3IN4O. The molecule has 0 aliphatic rings. The monoisotopic (exact) mass is 460 g/mol. The summed E-state index contributed by atoms with van der Waals surface area (Å²) in [6, 6.07) is 6.55. The molecule has 0 atom stereocenters. The van der Waals surface area contributed by atoms with Crippen LogP contribution in [0.25, 0.3) is 11.5 Å². The average molecular weight is 460 g/mol. The van der Waals surface area contributed by atoms with E-state index in [4.69, 9.17) is 10.2 Å². The van der Waals surface area contributed by atoms with Crippen molar-refractivity contribution in [3.8, 4) is 11.5 Å². The van der Waals surface area contributed by atoms with Gasteiger partial charge in [-0.25, -0.2) is 13.2 Å². The summed E-state index contributed by atoms with van der Waals surface area (Å²) in [7, 11) is 0. The Morgan fingerprint density at radius 1 is 1.08 bits per heavy atom. The van der Waals surface area contributed by atoms with Crippen molar-refractivity contribution in [3.63, 3.8) is 0 Å². The van der Waals surface area contributed by atoms with Gasteiger partial charge in [0.15, 0.2) is 11.6 Å². The van der Waals surface area contributed by atoms with Crippen LogP contribution >= 0.6 is 22.6 Å². The van der Waals surface area contributed by atoms with Gasteiger partial charge in [0.05, 0.1) is 16.9 Å². The second-order valence-electron chi connectivity index (χ2n) is 5.07. The molecule has 0 unspecified atom stereocenters. The van der Waals surface area contributed by atoms with Gasteiger partial charge in [-0.1, -0.05) is 0 Å². The number of halogens is 4. The minimum absolute atomic E-state index is 0.00661. The van der Waals surface area contributed by atoms with Crippen LogP contribution in [0.4, 0.5) is 24.5 Å². The number of benzene rings is 2. The van der Waals surface area contributed by atoms with E-state index in [-0.39, 0.29) is 28.7 Å². The molecule has 1 aromatic heterocycles. The van der Waals surface area contributed by atoms with Crippen LogP contribution in [0.3, 0.4) is 0 Å². The molecule has 0 fully saturated rings. The van der Waals surface area contributed by atoms with E-state index in [1.807, 2.05) is 22.6 Å².